The van der Waals surface area contributed by atoms with E-state index in [2.05, 4.69) is 0 Å². The summed E-state index contributed by atoms with van der Waals surface area (Å²) in [4.78, 5) is 25.6. The van der Waals surface area contributed by atoms with Gasteiger partial charge in [-0.1, -0.05) is 18.2 Å². The number of nitrogens with one attached hydrogen (secondary N) is 1. The normalized spacial score (nSPS) is 17.2. The molecule has 0 aromatic heterocycles. The lowest BCUT2D eigenvalue weighted by Gasteiger charge is -2.39. The van der Waals surface area contributed by atoms with Crippen molar-refractivity contribution in [2.45, 2.75) is 10.9 Å². The molecule has 1 aliphatic rings. The number of carbonyl (C=O) groups is 2. The van der Waals surface area contributed by atoms with Crippen LogP contribution in [0.5, 0.6) is 11.5 Å². The standard InChI is InChI=1S/C20H23N3O7S/c1-29-14-19(24)22-11-12-23(18(13-22)20(25)21-26)31(27,28)17-9-7-16(8-10-17)30-15-5-3-2-4-6-15/h2-10,18,26H,11-14H2,1H3,(H,21,25)/t18-/m1/s1. The number of nitrogens with zero attached hydrogens (tertiary/aromatic N) is 2. The lowest BCUT2D eigenvalue weighted by molar-refractivity contribution is -0.141. The van der Waals surface area contributed by atoms with E-state index in [1.165, 1.54) is 41.8 Å². The van der Waals surface area contributed by atoms with Crippen molar-refractivity contribution >= 4 is 21.8 Å². The molecule has 11 heteroatoms. The Morgan fingerprint density at radius 3 is 2.32 bits per heavy atom. The molecule has 31 heavy (non-hydrogen) atoms. The molecule has 2 N–H and O–H groups in total. The first-order chi connectivity index (χ1) is 14.9. The highest BCUT2D eigenvalue weighted by Gasteiger charge is 2.41. The summed E-state index contributed by atoms with van der Waals surface area (Å²) >= 11 is 0. The third-order valence-electron chi connectivity index (χ3n) is 4.77. The van der Waals surface area contributed by atoms with Gasteiger partial charge in [-0.25, -0.2) is 13.9 Å². The van der Waals surface area contributed by atoms with Crippen LogP contribution in [0, 0.1) is 0 Å². The minimum atomic E-state index is -4.08. The van der Waals surface area contributed by atoms with Gasteiger partial charge >= 0.3 is 0 Å². The first-order valence-corrected chi connectivity index (χ1v) is 10.9. The number of rotatable bonds is 7. The second-order valence-electron chi connectivity index (χ2n) is 6.77. The average Bonchev–Trinajstić information content (AvgIpc) is 2.79. The molecule has 2 aromatic rings. The van der Waals surface area contributed by atoms with Gasteiger partial charge in [-0.3, -0.25) is 14.8 Å². The van der Waals surface area contributed by atoms with Crippen molar-refractivity contribution in [1.29, 1.82) is 0 Å². The molecule has 166 valence electrons. The largest absolute Gasteiger partial charge is 0.457 e. The fourth-order valence-corrected chi connectivity index (χ4v) is 4.79. The molecule has 2 amide bonds. The van der Waals surface area contributed by atoms with Gasteiger partial charge < -0.3 is 14.4 Å². The molecule has 0 saturated carbocycles. The van der Waals surface area contributed by atoms with Crippen molar-refractivity contribution in [3.05, 3.63) is 54.6 Å². The molecule has 10 nitrogen and oxygen atoms in total. The number of benzene rings is 2. The monoisotopic (exact) mass is 449 g/mol. The van der Waals surface area contributed by atoms with Crippen LogP contribution < -0.4 is 10.2 Å². The van der Waals surface area contributed by atoms with Gasteiger partial charge in [0.15, 0.2) is 0 Å². The number of sulfonamides is 1. The number of hydrogen-bond acceptors (Lipinski definition) is 7. The Morgan fingerprint density at radius 2 is 1.71 bits per heavy atom. The molecule has 1 fully saturated rings. The molecule has 0 aliphatic carbocycles. The van der Waals surface area contributed by atoms with E-state index in [9.17, 15) is 18.0 Å². The Balaban J connectivity index is 1.80. The van der Waals surface area contributed by atoms with Crippen molar-refractivity contribution < 1.29 is 32.7 Å². The van der Waals surface area contributed by atoms with Gasteiger partial charge in [0, 0.05) is 26.7 Å². The van der Waals surface area contributed by atoms with Crippen LogP contribution in [0.25, 0.3) is 0 Å². The summed E-state index contributed by atoms with van der Waals surface area (Å²) in [5.41, 5.74) is 1.48. The maximum atomic E-state index is 13.2. The number of hydroxylamine groups is 1. The highest BCUT2D eigenvalue weighted by molar-refractivity contribution is 7.89. The van der Waals surface area contributed by atoms with Crippen LogP contribution in [-0.2, 0) is 24.3 Å². The van der Waals surface area contributed by atoms with E-state index in [0.29, 0.717) is 11.5 Å². The third kappa shape index (κ3) is 5.20. The van der Waals surface area contributed by atoms with Crippen molar-refractivity contribution in [3.63, 3.8) is 0 Å². The maximum absolute atomic E-state index is 13.2. The second kappa shape index (κ2) is 9.88. The lowest BCUT2D eigenvalue weighted by Crippen LogP contribution is -2.61. The summed E-state index contributed by atoms with van der Waals surface area (Å²) in [5, 5.41) is 9.08. The Hall–Kier alpha value is -2.99. The van der Waals surface area contributed by atoms with Gasteiger partial charge in [0.25, 0.3) is 5.91 Å². The number of amides is 2. The molecular weight excluding hydrogens is 426 g/mol. The zero-order valence-corrected chi connectivity index (χ0v) is 17.6. The predicted octanol–water partition coefficient (Wildman–Crippen LogP) is 0.832. The smallest absolute Gasteiger partial charge is 0.263 e. The van der Waals surface area contributed by atoms with Crippen molar-refractivity contribution in [2.75, 3.05) is 33.4 Å². The number of para-hydroxylation sites is 1. The third-order valence-corrected chi connectivity index (χ3v) is 6.70. The molecule has 0 bridgehead atoms. The number of carbonyl (C=O) groups excluding carboxylic acids is 2. The van der Waals surface area contributed by atoms with E-state index in [1.807, 2.05) is 18.2 Å². The minimum absolute atomic E-state index is 0.0414. The van der Waals surface area contributed by atoms with Gasteiger partial charge in [-0.2, -0.15) is 4.31 Å². The summed E-state index contributed by atoms with van der Waals surface area (Å²) in [7, 11) is -2.72. The summed E-state index contributed by atoms with van der Waals surface area (Å²) < 4.78 is 37.8. The van der Waals surface area contributed by atoms with E-state index in [0.717, 1.165) is 4.31 Å². The molecule has 0 spiro atoms. The van der Waals surface area contributed by atoms with Crippen LogP contribution in [0.15, 0.2) is 59.5 Å². The van der Waals surface area contributed by atoms with Crippen LogP contribution in [0.2, 0.25) is 0 Å². The molecular formula is C20H23N3O7S. The Bertz CT molecular complexity index is 1010. The average molecular weight is 449 g/mol. The van der Waals surface area contributed by atoms with Crippen molar-refractivity contribution in [1.82, 2.24) is 14.7 Å². The first kappa shape index (κ1) is 22.7. The fraction of sp³-hybridized carbons (Fsp3) is 0.300. The number of ether oxygens (including phenoxy) is 2. The minimum Gasteiger partial charge on any atom is -0.457 e. The van der Waals surface area contributed by atoms with Crippen LogP contribution >= 0.6 is 0 Å². The predicted molar refractivity (Wildman–Crippen MR) is 109 cm³/mol. The molecule has 0 unspecified atom stereocenters. The zero-order chi connectivity index (χ0) is 22.4. The maximum Gasteiger partial charge on any atom is 0.263 e. The number of hydrogen-bond donors (Lipinski definition) is 2. The van der Waals surface area contributed by atoms with Crippen LogP contribution in [-0.4, -0.2) is 74.0 Å². The second-order valence-corrected chi connectivity index (χ2v) is 8.66. The number of piperazine rings is 1. The van der Waals surface area contributed by atoms with E-state index in [1.54, 1.807) is 12.1 Å². The van der Waals surface area contributed by atoms with Gasteiger partial charge in [0.2, 0.25) is 15.9 Å². The molecule has 0 radical (unpaired) electrons. The SMILES string of the molecule is COCC(=O)N1CCN(S(=O)(=O)c2ccc(Oc3ccccc3)cc2)[C@@H](C(=O)NO)C1. The summed E-state index contributed by atoms with van der Waals surface area (Å²) in [5.74, 6) is -0.250. The quantitative estimate of drug-likeness (QED) is 0.474. The highest BCUT2D eigenvalue weighted by Crippen LogP contribution is 2.26. The first-order valence-electron chi connectivity index (χ1n) is 9.42. The van der Waals surface area contributed by atoms with Gasteiger partial charge in [-0.15, -0.1) is 0 Å². The Kier molecular flexibility index (Phi) is 7.23. The lowest BCUT2D eigenvalue weighted by atomic mass is 10.2. The molecule has 1 saturated heterocycles. The van der Waals surface area contributed by atoms with Gasteiger partial charge in [-0.05, 0) is 36.4 Å². The number of methoxy groups -OCH3 is 1. The van der Waals surface area contributed by atoms with Crippen LogP contribution in [0.4, 0.5) is 0 Å². The molecule has 1 heterocycles. The Labute approximate surface area is 180 Å². The Morgan fingerprint density at radius 1 is 1.06 bits per heavy atom. The van der Waals surface area contributed by atoms with E-state index in [-0.39, 0.29) is 37.0 Å². The van der Waals surface area contributed by atoms with E-state index >= 15 is 0 Å². The van der Waals surface area contributed by atoms with Crippen LogP contribution in [0.1, 0.15) is 0 Å². The zero-order valence-electron chi connectivity index (χ0n) is 16.8. The molecule has 1 atom stereocenters. The highest BCUT2D eigenvalue weighted by atomic mass is 32.2. The van der Waals surface area contributed by atoms with E-state index in [4.69, 9.17) is 14.7 Å². The summed E-state index contributed by atoms with van der Waals surface area (Å²) in [6, 6.07) is 13.5. The molecule has 3 rings (SSSR count). The summed E-state index contributed by atoms with van der Waals surface area (Å²) in [6.07, 6.45) is 0. The molecule has 2 aromatic carbocycles. The van der Waals surface area contributed by atoms with E-state index < -0.39 is 22.0 Å². The van der Waals surface area contributed by atoms with Crippen molar-refractivity contribution in [2.24, 2.45) is 0 Å². The van der Waals surface area contributed by atoms with Gasteiger partial charge in [0.1, 0.15) is 24.1 Å². The van der Waals surface area contributed by atoms with Crippen LogP contribution in [0.3, 0.4) is 0 Å². The van der Waals surface area contributed by atoms with Crippen molar-refractivity contribution in [3.8, 4) is 11.5 Å². The van der Waals surface area contributed by atoms with Gasteiger partial charge in [0.05, 0.1) is 4.90 Å². The fourth-order valence-electron chi connectivity index (χ4n) is 3.22. The summed E-state index contributed by atoms with van der Waals surface area (Å²) in [6.45, 7) is -0.421. The topological polar surface area (TPSA) is 125 Å². The molecule has 1 aliphatic heterocycles.